The van der Waals surface area contributed by atoms with E-state index >= 15 is 0 Å². The number of hydrogen-bond acceptors (Lipinski definition) is 3. The highest BCUT2D eigenvalue weighted by Gasteiger charge is 2.09. The Hall–Kier alpha value is -0.800. The lowest BCUT2D eigenvalue weighted by Crippen LogP contribution is -2.16. The Morgan fingerprint density at radius 1 is 1.39 bits per heavy atom. The summed E-state index contributed by atoms with van der Waals surface area (Å²) >= 11 is 6.09. The SMILES string of the molecule is CCNCc1cc(OC(C)CC(C)C)ncc1Cl. The number of nitrogens with one attached hydrogen (secondary N) is 1. The number of halogens is 1. The van der Waals surface area contributed by atoms with Crippen LogP contribution in [0.2, 0.25) is 5.02 Å². The normalized spacial score (nSPS) is 12.8. The number of nitrogens with zero attached hydrogens (tertiary/aromatic N) is 1. The molecule has 1 aromatic heterocycles. The second-order valence-electron chi connectivity index (χ2n) is 4.95. The van der Waals surface area contributed by atoms with Crippen LogP contribution in [-0.4, -0.2) is 17.6 Å². The first kappa shape index (κ1) is 15.3. The van der Waals surface area contributed by atoms with Crippen LogP contribution in [0.4, 0.5) is 0 Å². The van der Waals surface area contributed by atoms with Gasteiger partial charge in [-0.3, -0.25) is 0 Å². The molecule has 1 aromatic rings. The largest absolute Gasteiger partial charge is 0.475 e. The van der Waals surface area contributed by atoms with E-state index in [1.54, 1.807) is 6.20 Å². The molecule has 0 aliphatic carbocycles. The minimum Gasteiger partial charge on any atom is -0.475 e. The Labute approximate surface area is 115 Å². The molecule has 0 radical (unpaired) electrons. The van der Waals surface area contributed by atoms with Crippen LogP contribution in [0.15, 0.2) is 12.3 Å². The lowest BCUT2D eigenvalue weighted by atomic mass is 10.1. The van der Waals surface area contributed by atoms with Gasteiger partial charge in [0.15, 0.2) is 0 Å². The molecule has 0 spiro atoms. The maximum absolute atomic E-state index is 6.09. The van der Waals surface area contributed by atoms with Crippen LogP contribution in [-0.2, 0) is 6.54 Å². The zero-order chi connectivity index (χ0) is 13.5. The van der Waals surface area contributed by atoms with Crippen molar-refractivity contribution in [2.45, 2.75) is 46.8 Å². The number of hydrogen-bond donors (Lipinski definition) is 1. The van der Waals surface area contributed by atoms with E-state index in [1.165, 1.54) is 0 Å². The molecule has 0 aliphatic heterocycles. The Balaban J connectivity index is 2.66. The van der Waals surface area contributed by atoms with Gasteiger partial charge in [0, 0.05) is 18.8 Å². The number of aromatic nitrogens is 1. The Bertz CT molecular complexity index is 369. The molecular weight excluding hydrogens is 248 g/mol. The van der Waals surface area contributed by atoms with Crippen molar-refractivity contribution in [3.8, 4) is 5.88 Å². The van der Waals surface area contributed by atoms with Crippen LogP contribution < -0.4 is 10.1 Å². The average molecular weight is 271 g/mol. The zero-order valence-electron chi connectivity index (χ0n) is 11.7. The summed E-state index contributed by atoms with van der Waals surface area (Å²) in [5, 5.41) is 3.93. The highest BCUT2D eigenvalue weighted by atomic mass is 35.5. The van der Waals surface area contributed by atoms with Gasteiger partial charge < -0.3 is 10.1 Å². The van der Waals surface area contributed by atoms with Crippen LogP contribution in [0.3, 0.4) is 0 Å². The lowest BCUT2D eigenvalue weighted by Gasteiger charge is -2.16. The zero-order valence-corrected chi connectivity index (χ0v) is 12.4. The van der Waals surface area contributed by atoms with Gasteiger partial charge in [-0.1, -0.05) is 32.4 Å². The van der Waals surface area contributed by atoms with E-state index in [2.05, 4.69) is 38.0 Å². The monoisotopic (exact) mass is 270 g/mol. The van der Waals surface area contributed by atoms with E-state index in [-0.39, 0.29) is 6.10 Å². The molecule has 1 N–H and O–H groups in total. The molecule has 18 heavy (non-hydrogen) atoms. The van der Waals surface area contributed by atoms with Gasteiger partial charge in [0.1, 0.15) is 0 Å². The van der Waals surface area contributed by atoms with Gasteiger partial charge in [0.05, 0.1) is 11.1 Å². The van der Waals surface area contributed by atoms with E-state index in [4.69, 9.17) is 16.3 Å². The first-order valence-corrected chi connectivity index (χ1v) is 6.92. The van der Waals surface area contributed by atoms with Gasteiger partial charge in [0.2, 0.25) is 5.88 Å². The summed E-state index contributed by atoms with van der Waals surface area (Å²) in [6.45, 7) is 10.2. The molecule has 1 rings (SSSR count). The van der Waals surface area contributed by atoms with Crippen LogP contribution in [0.25, 0.3) is 0 Å². The van der Waals surface area contributed by atoms with Gasteiger partial charge in [0.25, 0.3) is 0 Å². The first-order valence-electron chi connectivity index (χ1n) is 6.54. The predicted molar refractivity (Wildman–Crippen MR) is 76.2 cm³/mol. The summed E-state index contributed by atoms with van der Waals surface area (Å²) in [5.41, 5.74) is 1.03. The van der Waals surface area contributed by atoms with Gasteiger partial charge in [-0.05, 0) is 31.4 Å². The smallest absolute Gasteiger partial charge is 0.213 e. The summed E-state index contributed by atoms with van der Waals surface area (Å²) in [7, 11) is 0. The summed E-state index contributed by atoms with van der Waals surface area (Å²) in [4.78, 5) is 4.21. The summed E-state index contributed by atoms with van der Waals surface area (Å²) in [5.74, 6) is 1.27. The van der Waals surface area contributed by atoms with Crippen molar-refractivity contribution in [2.24, 2.45) is 5.92 Å². The lowest BCUT2D eigenvalue weighted by molar-refractivity contribution is 0.185. The van der Waals surface area contributed by atoms with Crippen molar-refractivity contribution in [1.82, 2.24) is 10.3 Å². The van der Waals surface area contributed by atoms with Crippen LogP contribution in [0, 0.1) is 5.92 Å². The summed E-state index contributed by atoms with van der Waals surface area (Å²) < 4.78 is 5.80. The Morgan fingerprint density at radius 2 is 2.11 bits per heavy atom. The van der Waals surface area contributed by atoms with Crippen LogP contribution in [0.1, 0.15) is 39.7 Å². The van der Waals surface area contributed by atoms with Gasteiger partial charge in [-0.15, -0.1) is 0 Å². The molecular formula is C14H23ClN2O. The van der Waals surface area contributed by atoms with E-state index < -0.39 is 0 Å². The predicted octanol–water partition coefficient (Wildman–Crippen LogP) is 3.66. The molecule has 0 amide bonds. The molecule has 0 fully saturated rings. The molecule has 0 saturated heterocycles. The van der Waals surface area contributed by atoms with Gasteiger partial charge in [-0.2, -0.15) is 0 Å². The molecule has 1 unspecified atom stereocenters. The third kappa shape index (κ3) is 5.23. The van der Waals surface area contributed by atoms with Crippen LogP contribution in [0.5, 0.6) is 5.88 Å². The summed E-state index contributed by atoms with van der Waals surface area (Å²) in [6, 6.07) is 1.92. The maximum Gasteiger partial charge on any atom is 0.213 e. The van der Waals surface area contributed by atoms with Crippen molar-refractivity contribution < 1.29 is 4.74 Å². The highest BCUT2D eigenvalue weighted by molar-refractivity contribution is 6.31. The number of rotatable bonds is 7. The van der Waals surface area contributed by atoms with Crippen molar-refractivity contribution in [1.29, 1.82) is 0 Å². The van der Waals surface area contributed by atoms with E-state index in [9.17, 15) is 0 Å². The highest BCUT2D eigenvalue weighted by Crippen LogP contribution is 2.21. The second kappa shape index (κ2) is 7.59. The third-order valence-corrected chi connectivity index (χ3v) is 2.94. The standard InChI is InChI=1S/C14H23ClN2O/c1-5-16-8-12-7-14(17-9-13(12)15)18-11(4)6-10(2)3/h7,9-11,16H,5-6,8H2,1-4H3. The van der Waals surface area contributed by atoms with Crippen molar-refractivity contribution in [2.75, 3.05) is 6.54 Å². The van der Waals surface area contributed by atoms with E-state index in [0.717, 1.165) is 25.1 Å². The Morgan fingerprint density at radius 3 is 2.72 bits per heavy atom. The van der Waals surface area contributed by atoms with Crippen molar-refractivity contribution >= 4 is 11.6 Å². The molecule has 0 saturated carbocycles. The van der Waals surface area contributed by atoms with Crippen molar-refractivity contribution in [3.63, 3.8) is 0 Å². The van der Waals surface area contributed by atoms with Gasteiger partial charge >= 0.3 is 0 Å². The molecule has 102 valence electrons. The molecule has 1 heterocycles. The minimum atomic E-state index is 0.172. The van der Waals surface area contributed by atoms with Crippen molar-refractivity contribution in [3.05, 3.63) is 22.8 Å². The van der Waals surface area contributed by atoms with E-state index in [1.807, 2.05) is 6.07 Å². The van der Waals surface area contributed by atoms with Gasteiger partial charge in [-0.25, -0.2) is 4.98 Å². The fraction of sp³-hybridized carbons (Fsp3) is 0.643. The molecule has 4 heteroatoms. The first-order chi connectivity index (χ1) is 8.52. The molecule has 0 aromatic carbocycles. The molecule has 3 nitrogen and oxygen atoms in total. The number of pyridine rings is 1. The summed E-state index contributed by atoms with van der Waals surface area (Å²) in [6.07, 6.45) is 2.85. The molecule has 1 atom stereocenters. The average Bonchev–Trinajstić information content (AvgIpc) is 2.28. The number of ether oxygens (including phenoxy) is 1. The third-order valence-electron chi connectivity index (χ3n) is 2.60. The minimum absolute atomic E-state index is 0.172. The quantitative estimate of drug-likeness (QED) is 0.821. The fourth-order valence-electron chi connectivity index (χ4n) is 1.84. The molecule has 0 bridgehead atoms. The second-order valence-corrected chi connectivity index (χ2v) is 5.36. The maximum atomic E-state index is 6.09. The Kier molecular flexibility index (Phi) is 6.44. The van der Waals surface area contributed by atoms with E-state index in [0.29, 0.717) is 16.8 Å². The van der Waals surface area contributed by atoms with Crippen LogP contribution >= 0.6 is 11.6 Å². The fourth-order valence-corrected chi connectivity index (χ4v) is 2.01. The topological polar surface area (TPSA) is 34.1 Å². The molecule has 0 aliphatic rings.